The molecule has 2 rings (SSSR count). The molecule has 0 bridgehead atoms. The maximum atomic E-state index is 12.2. The van der Waals surface area contributed by atoms with Gasteiger partial charge in [0.05, 0.1) is 18.3 Å². The SMILES string of the molecule is COc1cc(Br)ccc1C(=O)NCC1(O)CCOCC1. The molecule has 1 amide bonds. The quantitative estimate of drug-likeness (QED) is 0.873. The Labute approximate surface area is 126 Å². The minimum absolute atomic E-state index is 0.217. The van der Waals surface area contributed by atoms with Gasteiger partial charge in [-0.1, -0.05) is 15.9 Å². The monoisotopic (exact) mass is 343 g/mol. The van der Waals surface area contributed by atoms with Crippen molar-refractivity contribution in [3.63, 3.8) is 0 Å². The molecule has 1 fully saturated rings. The second-order valence-corrected chi connectivity index (χ2v) is 5.78. The third kappa shape index (κ3) is 3.71. The Kier molecular flexibility index (Phi) is 5.01. The van der Waals surface area contributed by atoms with E-state index >= 15 is 0 Å². The van der Waals surface area contributed by atoms with Gasteiger partial charge in [-0.15, -0.1) is 0 Å². The number of aliphatic hydroxyl groups is 1. The fourth-order valence-electron chi connectivity index (χ4n) is 2.12. The predicted molar refractivity (Wildman–Crippen MR) is 78.0 cm³/mol. The average Bonchev–Trinajstić information content (AvgIpc) is 2.45. The second kappa shape index (κ2) is 6.56. The number of benzene rings is 1. The van der Waals surface area contributed by atoms with Crippen molar-refractivity contribution < 1.29 is 19.4 Å². The number of carbonyl (C=O) groups is 1. The fourth-order valence-corrected chi connectivity index (χ4v) is 2.46. The number of methoxy groups -OCH3 is 1. The van der Waals surface area contributed by atoms with Crippen LogP contribution in [0.2, 0.25) is 0 Å². The van der Waals surface area contributed by atoms with Crippen LogP contribution in [-0.4, -0.2) is 43.5 Å². The van der Waals surface area contributed by atoms with Crippen molar-refractivity contribution in [1.82, 2.24) is 5.32 Å². The minimum atomic E-state index is -0.878. The van der Waals surface area contributed by atoms with Gasteiger partial charge >= 0.3 is 0 Å². The molecule has 1 aliphatic rings. The van der Waals surface area contributed by atoms with E-state index in [4.69, 9.17) is 9.47 Å². The van der Waals surface area contributed by atoms with Crippen LogP contribution < -0.4 is 10.1 Å². The molecule has 0 radical (unpaired) electrons. The number of carbonyl (C=O) groups excluding carboxylic acids is 1. The van der Waals surface area contributed by atoms with E-state index in [1.54, 1.807) is 18.2 Å². The largest absolute Gasteiger partial charge is 0.496 e. The maximum Gasteiger partial charge on any atom is 0.255 e. The Morgan fingerprint density at radius 2 is 2.20 bits per heavy atom. The molecule has 0 unspecified atom stereocenters. The van der Waals surface area contributed by atoms with Crippen LogP contribution in [0.15, 0.2) is 22.7 Å². The molecule has 0 atom stereocenters. The van der Waals surface area contributed by atoms with Crippen molar-refractivity contribution in [2.45, 2.75) is 18.4 Å². The van der Waals surface area contributed by atoms with Crippen molar-refractivity contribution >= 4 is 21.8 Å². The Morgan fingerprint density at radius 3 is 2.85 bits per heavy atom. The van der Waals surface area contributed by atoms with Crippen molar-refractivity contribution in [3.8, 4) is 5.75 Å². The highest BCUT2D eigenvalue weighted by molar-refractivity contribution is 9.10. The molecule has 0 saturated carbocycles. The normalized spacial score (nSPS) is 17.6. The summed E-state index contributed by atoms with van der Waals surface area (Å²) in [6, 6.07) is 5.20. The van der Waals surface area contributed by atoms with E-state index in [0.717, 1.165) is 4.47 Å². The van der Waals surface area contributed by atoms with E-state index in [-0.39, 0.29) is 12.5 Å². The fraction of sp³-hybridized carbons (Fsp3) is 0.500. The number of halogens is 1. The molecule has 1 saturated heterocycles. The summed E-state index contributed by atoms with van der Waals surface area (Å²) in [7, 11) is 1.52. The number of nitrogens with one attached hydrogen (secondary N) is 1. The maximum absolute atomic E-state index is 12.2. The Hall–Kier alpha value is -1.11. The smallest absolute Gasteiger partial charge is 0.255 e. The summed E-state index contributed by atoms with van der Waals surface area (Å²) in [4.78, 5) is 12.2. The first-order valence-electron chi connectivity index (χ1n) is 6.46. The van der Waals surface area contributed by atoms with E-state index in [1.807, 2.05) is 0 Å². The van der Waals surface area contributed by atoms with Crippen molar-refractivity contribution in [3.05, 3.63) is 28.2 Å². The molecule has 5 nitrogen and oxygen atoms in total. The van der Waals surface area contributed by atoms with Gasteiger partial charge in [0.15, 0.2) is 0 Å². The Morgan fingerprint density at radius 1 is 1.50 bits per heavy atom. The predicted octanol–water partition coefficient (Wildman–Crippen LogP) is 1.73. The first-order valence-corrected chi connectivity index (χ1v) is 7.25. The van der Waals surface area contributed by atoms with Crippen LogP contribution in [0.3, 0.4) is 0 Å². The van der Waals surface area contributed by atoms with E-state index in [9.17, 15) is 9.90 Å². The van der Waals surface area contributed by atoms with Gasteiger partial charge in [-0.3, -0.25) is 4.79 Å². The van der Waals surface area contributed by atoms with Gasteiger partial charge in [0.2, 0.25) is 0 Å². The molecule has 0 spiro atoms. The third-order valence-corrected chi connectivity index (χ3v) is 3.90. The summed E-state index contributed by atoms with van der Waals surface area (Å²) in [5.41, 5.74) is -0.428. The standard InChI is InChI=1S/C14H18BrNO4/c1-19-12-8-10(15)2-3-11(12)13(17)16-9-14(18)4-6-20-7-5-14/h2-3,8,18H,4-7,9H2,1H3,(H,16,17). The zero-order chi connectivity index (χ0) is 14.6. The van der Waals surface area contributed by atoms with Crippen LogP contribution >= 0.6 is 15.9 Å². The second-order valence-electron chi connectivity index (χ2n) is 4.86. The van der Waals surface area contributed by atoms with Crippen molar-refractivity contribution in [2.24, 2.45) is 0 Å². The minimum Gasteiger partial charge on any atom is -0.496 e. The van der Waals surface area contributed by atoms with Gasteiger partial charge in [-0.2, -0.15) is 0 Å². The molecule has 2 N–H and O–H groups in total. The van der Waals surface area contributed by atoms with Crippen molar-refractivity contribution in [1.29, 1.82) is 0 Å². The zero-order valence-electron chi connectivity index (χ0n) is 11.3. The summed E-state index contributed by atoms with van der Waals surface area (Å²) in [6.07, 6.45) is 1.06. The van der Waals surface area contributed by atoms with Gasteiger partial charge in [-0.05, 0) is 18.2 Å². The molecular weight excluding hydrogens is 326 g/mol. The van der Waals surface area contributed by atoms with Gasteiger partial charge in [-0.25, -0.2) is 0 Å². The molecule has 1 aliphatic heterocycles. The molecule has 1 aromatic rings. The van der Waals surface area contributed by atoms with Gasteiger partial charge in [0.25, 0.3) is 5.91 Å². The molecule has 20 heavy (non-hydrogen) atoms. The third-order valence-electron chi connectivity index (χ3n) is 3.41. The number of ether oxygens (including phenoxy) is 2. The first-order chi connectivity index (χ1) is 9.54. The lowest BCUT2D eigenvalue weighted by atomic mass is 9.94. The van der Waals surface area contributed by atoms with Crippen LogP contribution in [0.25, 0.3) is 0 Å². The van der Waals surface area contributed by atoms with Crippen LogP contribution in [0.5, 0.6) is 5.75 Å². The average molecular weight is 344 g/mol. The van der Waals surface area contributed by atoms with Crippen LogP contribution in [0, 0.1) is 0 Å². The lowest BCUT2D eigenvalue weighted by Gasteiger charge is -2.32. The summed E-state index contributed by atoms with van der Waals surface area (Å²) in [6.45, 7) is 1.26. The lowest BCUT2D eigenvalue weighted by molar-refractivity contribution is -0.0605. The molecule has 1 aromatic carbocycles. The molecule has 6 heteroatoms. The van der Waals surface area contributed by atoms with Crippen LogP contribution in [0.4, 0.5) is 0 Å². The molecule has 1 heterocycles. The van der Waals surface area contributed by atoms with Gasteiger partial charge in [0, 0.05) is 37.1 Å². The van der Waals surface area contributed by atoms with Crippen LogP contribution in [-0.2, 0) is 4.74 Å². The molecule has 0 aromatic heterocycles. The highest BCUT2D eigenvalue weighted by Crippen LogP contribution is 2.24. The summed E-state index contributed by atoms with van der Waals surface area (Å²) < 4.78 is 11.2. The van der Waals surface area contributed by atoms with Crippen molar-refractivity contribution in [2.75, 3.05) is 26.9 Å². The topological polar surface area (TPSA) is 67.8 Å². The van der Waals surface area contributed by atoms with E-state index < -0.39 is 5.60 Å². The van der Waals surface area contributed by atoms with Gasteiger partial charge in [0.1, 0.15) is 5.75 Å². The first kappa shape index (κ1) is 15.3. The number of rotatable bonds is 4. The van der Waals surface area contributed by atoms with E-state index in [0.29, 0.717) is 37.4 Å². The Bertz CT molecular complexity index is 486. The van der Waals surface area contributed by atoms with E-state index in [2.05, 4.69) is 21.2 Å². The number of hydrogen-bond donors (Lipinski definition) is 2. The lowest BCUT2D eigenvalue weighted by Crippen LogP contribution is -2.46. The van der Waals surface area contributed by atoms with Gasteiger partial charge < -0.3 is 19.9 Å². The highest BCUT2D eigenvalue weighted by atomic mass is 79.9. The molecule has 0 aliphatic carbocycles. The highest BCUT2D eigenvalue weighted by Gasteiger charge is 2.30. The zero-order valence-corrected chi connectivity index (χ0v) is 12.9. The number of amides is 1. The molecule has 110 valence electrons. The molecular formula is C14H18BrNO4. The Balaban J connectivity index is 2.01. The summed E-state index contributed by atoms with van der Waals surface area (Å²) >= 11 is 3.33. The summed E-state index contributed by atoms with van der Waals surface area (Å²) in [5.74, 6) is 0.241. The summed E-state index contributed by atoms with van der Waals surface area (Å²) in [5, 5.41) is 13.1. The van der Waals surface area contributed by atoms with E-state index in [1.165, 1.54) is 7.11 Å². The number of hydrogen-bond acceptors (Lipinski definition) is 4. The van der Waals surface area contributed by atoms with Crippen LogP contribution in [0.1, 0.15) is 23.2 Å².